The number of ether oxygens (including phenoxy) is 1. The van der Waals surface area contributed by atoms with Gasteiger partial charge in [0.15, 0.2) is 0 Å². The fraction of sp³-hybridized carbons (Fsp3) is 0.500. The van der Waals surface area contributed by atoms with Gasteiger partial charge in [0.1, 0.15) is 0 Å². The zero-order valence-electron chi connectivity index (χ0n) is 13.6. The van der Waals surface area contributed by atoms with Gasteiger partial charge in [-0.05, 0) is 37.6 Å². The largest absolute Gasteiger partial charge is 0.383 e. The monoisotopic (exact) mass is 375 g/mol. The molecule has 0 aliphatic carbocycles. The van der Waals surface area contributed by atoms with Crippen molar-refractivity contribution in [2.45, 2.75) is 12.8 Å². The average Bonchev–Trinajstić information content (AvgIpc) is 2.56. The summed E-state index contributed by atoms with van der Waals surface area (Å²) in [5.74, 6) is -0.313. The number of hydrogen-bond acceptors (Lipinski definition) is 4. The van der Waals surface area contributed by atoms with Gasteiger partial charge in [0.2, 0.25) is 5.91 Å². The zero-order valence-corrected chi connectivity index (χ0v) is 15.1. The van der Waals surface area contributed by atoms with E-state index in [-0.39, 0.29) is 30.1 Å². The third kappa shape index (κ3) is 5.94. The molecular formula is C16H23Cl2N3O3. The molecule has 24 heavy (non-hydrogen) atoms. The van der Waals surface area contributed by atoms with Gasteiger partial charge in [0, 0.05) is 25.9 Å². The Morgan fingerprint density at radius 3 is 2.83 bits per heavy atom. The second-order valence-electron chi connectivity index (χ2n) is 5.48. The molecule has 134 valence electrons. The third-order valence-electron chi connectivity index (χ3n) is 3.74. The Labute approximate surface area is 153 Å². The predicted octanol–water partition coefficient (Wildman–Crippen LogP) is 2.08. The first kappa shape index (κ1) is 20.7. The van der Waals surface area contributed by atoms with Crippen LogP contribution in [-0.4, -0.2) is 45.2 Å². The molecule has 3 N–H and O–H groups in total. The summed E-state index contributed by atoms with van der Waals surface area (Å²) in [5.41, 5.74) is 0.971. The summed E-state index contributed by atoms with van der Waals surface area (Å²) in [5, 5.41) is 9.08. The molecule has 1 saturated heterocycles. The van der Waals surface area contributed by atoms with E-state index < -0.39 is 0 Å². The highest BCUT2D eigenvalue weighted by Gasteiger charge is 2.21. The molecular weight excluding hydrogens is 353 g/mol. The van der Waals surface area contributed by atoms with Crippen molar-refractivity contribution in [3.8, 4) is 0 Å². The average molecular weight is 376 g/mol. The Balaban J connectivity index is 0.00000288. The van der Waals surface area contributed by atoms with Crippen LogP contribution in [0.1, 0.15) is 23.2 Å². The lowest BCUT2D eigenvalue weighted by molar-refractivity contribution is -0.120. The Bertz CT molecular complexity index is 563. The molecule has 1 aliphatic heterocycles. The lowest BCUT2D eigenvalue weighted by atomic mass is 9.99. The van der Waals surface area contributed by atoms with Gasteiger partial charge in [0.25, 0.3) is 5.91 Å². The maximum atomic E-state index is 12.2. The maximum Gasteiger partial charge on any atom is 0.252 e. The molecule has 0 radical (unpaired) electrons. The van der Waals surface area contributed by atoms with Gasteiger partial charge in [-0.2, -0.15) is 0 Å². The van der Waals surface area contributed by atoms with Crippen LogP contribution in [0.5, 0.6) is 0 Å². The molecule has 2 amide bonds. The summed E-state index contributed by atoms with van der Waals surface area (Å²) in [7, 11) is 1.57. The number of halogens is 2. The third-order valence-corrected chi connectivity index (χ3v) is 4.05. The molecule has 1 aromatic carbocycles. The van der Waals surface area contributed by atoms with Gasteiger partial charge in [-0.3, -0.25) is 9.59 Å². The van der Waals surface area contributed by atoms with Gasteiger partial charge in [-0.1, -0.05) is 11.6 Å². The predicted molar refractivity (Wildman–Crippen MR) is 97.1 cm³/mol. The van der Waals surface area contributed by atoms with Crippen LogP contribution in [0.2, 0.25) is 5.02 Å². The van der Waals surface area contributed by atoms with E-state index in [1.54, 1.807) is 25.3 Å². The maximum absolute atomic E-state index is 12.2. The SMILES string of the molecule is COCCNC(=O)c1ccc(NC(=O)C2CCCNC2)cc1Cl.Cl. The van der Waals surface area contributed by atoms with Gasteiger partial charge >= 0.3 is 0 Å². The molecule has 0 saturated carbocycles. The summed E-state index contributed by atoms with van der Waals surface area (Å²) in [6.07, 6.45) is 1.88. The molecule has 0 bridgehead atoms. The van der Waals surface area contributed by atoms with Gasteiger partial charge in [-0.15, -0.1) is 12.4 Å². The number of hydrogen-bond donors (Lipinski definition) is 3. The summed E-state index contributed by atoms with van der Waals surface area (Å²) in [6.45, 7) is 2.51. The van der Waals surface area contributed by atoms with Crippen LogP contribution in [0, 0.1) is 5.92 Å². The lowest BCUT2D eigenvalue weighted by Crippen LogP contribution is -2.37. The van der Waals surface area contributed by atoms with Crippen molar-refractivity contribution in [2.24, 2.45) is 5.92 Å². The van der Waals surface area contributed by atoms with E-state index in [9.17, 15) is 9.59 Å². The zero-order chi connectivity index (χ0) is 16.7. The highest BCUT2D eigenvalue weighted by atomic mass is 35.5. The Hall–Kier alpha value is -1.34. The molecule has 1 aliphatic rings. The highest BCUT2D eigenvalue weighted by molar-refractivity contribution is 6.34. The Morgan fingerprint density at radius 1 is 1.42 bits per heavy atom. The van der Waals surface area contributed by atoms with Crippen LogP contribution >= 0.6 is 24.0 Å². The fourth-order valence-electron chi connectivity index (χ4n) is 2.46. The van der Waals surface area contributed by atoms with Gasteiger partial charge in [-0.25, -0.2) is 0 Å². The summed E-state index contributed by atoms with van der Waals surface area (Å²) < 4.78 is 4.88. The van der Waals surface area contributed by atoms with E-state index in [4.69, 9.17) is 16.3 Å². The topological polar surface area (TPSA) is 79.5 Å². The molecule has 6 nitrogen and oxygen atoms in total. The van der Waals surface area contributed by atoms with Crippen molar-refractivity contribution in [1.82, 2.24) is 10.6 Å². The molecule has 2 rings (SSSR count). The first-order valence-corrected chi connectivity index (χ1v) is 8.08. The number of methoxy groups -OCH3 is 1. The van der Waals surface area contributed by atoms with Crippen LogP contribution in [0.3, 0.4) is 0 Å². The molecule has 1 fully saturated rings. The van der Waals surface area contributed by atoms with Crippen molar-refractivity contribution in [1.29, 1.82) is 0 Å². The number of rotatable bonds is 6. The second-order valence-corrected chi connectivity index (χ2v) is 5.88. The standard InChI is InChI=1S/C16H22ClN3O3.ClH/c1-23-8-7-19-16(22)13-5-4-12(9-14(13)17)20-15(21)11-3-2-6-18-10-11;/h4-5,9,11,18H,2-3,6-8,10H2,1H3,(H,19,22)(H,20,21);1H. The van der Waals surface area contributed by atoms with Crippen molar-refractivity contribution < 1.29 is 14.3 Å². The van der Waals surface area contributed by atoms with E-state index in [0.29, 0.717) is 36.0 Å². The molecule has 1 atom stereocenters. The minimum absolute atomic E-state index is 0. The number of carbonyl (C=O) groups excluding carboxylic acids is 2. The lowest BCUT2D eigenvalue weighted by Gasteiger charge is -2.22. The van der Waals surface area contributed by atoms with E-state index in [0.717, 1.165) is 19.4 Å². The first-order chi connectivity index (χ1) is 11.1. The molecule has 0 aromatic heterocycles. The van der Waals surface area contributed by atoms with Crippen molar-refractivity contribution in [3.63, 3.8) is 0 Å². The second kappa shape index (κ2) is 10.5. The van der Waals surface area contributed by atoms with Crippen LogP contribution in [-0.2, 0) is 9.53 Å². The summed E-state index contributed by atoms with van der Waals surface area (Å²) in [6, 6.07) is 4.89. The Kier molecular flexibility index (Phi) is 9.07. The Morgan fingerprint density at radius 2 is 2.21 bits per heavy atom. The molecule has 1 heterocycles. The van der Waals surface area contributed by atoms with Crippen molar-refractivity contribution >= 4 is 41.5 Å². The fourth-order valence-corrected chi connectivity index (χ4v) is 2.73. The summed E-state index contributed by atoms with van der Waals surface area (Å²) in [4.78, 5) is 24.2. The van der Waals surface area contributed by atoms with E-state index >= 15 is 0 Å². The van der Waals surface area contributed by atoms with Crippen LogP contribution in [0.4, 0.5) is 5.69 Å². The number of carbonyl (C=O) groups is 2. The van der Waals surface area contributed by atoms with Gasteiger partial charge < -0.3 is 20.7 Å². The van der Waals surface area contributed by atoms with E-state index in [2.05, 4.69) is 16.0 Å². The minimum atomic E-state index is -0.263. The van der Waals surface area contributed by atoms with E-state index in [1.807, 2.05) is 0 Å². The van der Waals surface area contributed by atoms with Crippen LogP contribution in [0.15, 0.2) is 18.2 Å². The number of amides is 2. The number of benzene rings is 1. The first-order valence-electron chi connectivity index (χ1n) is 7.70. The molecule has 1 unspecified atom stereocenters. The van der Waals surface area contributed by atoms with E-state index in [1.165, 1.54) is 0 Å². The number of piperidine rings is 1. The number of nitrogens with one attached hydrogen (secondary N) is 3. The van der Waals surface area contributed by atoms with Gasteiger partial charge in [0.05, 0.1) is 23.1 Å². The van der Waals surface area contributed by atoms with Crippen LogP contribution in [0.25, 0.3) is 0 Å². The minimum Gasteiger partial charge on any atom is -0.383 e. The van der Waals surface area contributed by atoms with Crippen LogP contribution < -0.4 is 16.0 Å². The number of anilines is 1. The molecule has 0 spiro atoms. The van der Waals surface area contributed by atoms with Crippen molar-refractivity contribution in [2.75, 3.05) is 38.7 Å². The summed E-state index contributed by atoms with van der Waals surface area (Å²) >= 11 is 6.15. The smallest absolute Gasteiger partial charge is 0.252 e. The molecule has 1 aromatic rings. The molecule has 8 heteroatoms. The normalized spacial score (nSPS) is 16.8. The highest BCUT2D eigenvalue weighted by Crippen LogP contribution is 2.22. The quantitative estimate of drug-likeness (QED) is 0.665. The van der Waals surface area contributed by atoms with Crippen molar-refractivity contribution in [3.05, 3.63) is 28.8 Å².